The molecule has 4 nitrogen and oxygen atoms in total. The molecule has 0 unspecified atom stereocenters. The van der Waals surface area contributed by atoms with E-state index in [1.165, 1.54) is 19.3 Å². The van der Waals surface area contributed by atoms with Crippen LogP contribution in [0.5, 0.6) is 5.75 Å². The van der Waals surface area contributed by atoms with Gasteiger partial charge in [0.05, 0.1) is 7.11 Å². The number of hydrogen-bond acceptors (Lipinski definition) is 3. The zero-order valence-electron chi connectivity index (χ0n) is 18.0. The molecule has 0 aliphatic rings. The number of nitrogens with one attached hydrogen (secondary N) is 1. The quantitative estimate of drug-likeness (QED) is 0.358. The molecule has 0 spiro atoms. The van der Waals surface area contributed by atoms with Gasteiger partial charge < -0.3 is 10.1 Å². The number of carbonyl (C=O) groups is 1. The van der Waals surface area contributed by atoms with Gasteiger partial charge in [-0.15, -0.1) is 0 Å². The van der Waals surface area contributed by atoms with Crippen LogP contribution in [-0.4, -0.2) is 13.0 Å². The third kappa shape index (κ3) is 5.35. The van der Waals surface area contributed by atoms with Crippen LogP contribution < -0.4 is 10.1 Å². The van der Waals surface area contributed by atoms with E-state index in [9.17, 15) is 14.4 Å². The fourth-order valence-corrected chi connectivity index (χ4v) is 3.56. The lowest BCUT2D eigenvalue weighted by Gasteiger charge is -2.13. The summed E-state index contributed by atoms with van der Waals surface area (Å²) < 4.78 is 19.5. The summed E-state index contributed by atoms with van der Waals surface area (Å²) in [5, 5.41) is 12.7. The Morgan fingerprint density at radius 1 is 1.19 bits per heavy atom. The Morgan fingerprint density at radius 2 is 1.94 bits per heavy atom. The zero-order chi connectivity index (χ0) is 23.3. The molecule has 0 saturated heterocycles. The summed E-state index contributed by atoms with van der Waals surface area (Å²) in [5.74, 6) is -0.407. The maximum atomic E-state index is 14.1. The number of aryl methyl sites for hydroxylation is 2. The normalized spacial score (nSPS) is 11.1. The minimum absolute atomic E-state index is 0.0779. The number of benzene rings is 3. The van der Waals surface area contributed by atoms with Crippen molar-refractivity contribution in [1.29, 1.82) is 5.26 Å². The third-order valence-corrected chi connectivity index (χ3v) is 5.38. The fourth-order valence-electron chi connectivity index (χ4n) is 3.28. The van der Waals surface area contributed by atoms with Crippen LogP contribution >= 0.6 is 11.6 Å². The van der Waals surface area contributed by atoms with Gasteiger partial charge in [-0.3, -0.25) is 4.79 Å². The Hall–Kier alpha value is -3.62. The first-order valence-electron chi connectivity index (χ1n) is 9.92. The molecular weight excluding hydrogens is 427 g/mol. The predicted octanol–water partition coefficient (Wildman–Crippen LogP) is 6.24. The number of amides is 1. The smallest absolute Gasteiger partial charge is 0.266 e. The number of nitriles is 1. The number of nitrogens with zero attached hydrogens (tertiary/aromatic N) is 1. The molecule has 0 saturated carbocycles. The van der Waals surface area contributed by atoms with Gasteiger partial charge in [0.15, 0.2) is 0 Å². The number of halogens is 2. The van der Waals surface area contributed by atoms with Gasteiger partial charge in [-0.1, -0.05) is 41.9 Å². The predicted molar refractivity (Wildman–Crippen MR) is 125 cm³/mol. The Kier molecular flexibility index (Phi) is 7.29. The van der Waals surface area contributed by atoms with Crippen LogP contribution in [0.25, 0.3) is 6.08 Å². The van der Waals surface area contributed by atoms with Gasteiger partial charge in [-0.05, 0) is 66.4 Å². The lowest BCUT2D eigenvalue weighted by Crippen LogP contribution is -2.14. The summed E-state index contributed by atoms with van der Waals surface area (Å²) in [7, 11) is 1.49. The molecule has 0 radical (unpaired) electrons. The van der Waals surface area contributed by atoms with Crippen molar-refractivity contribution < 1.29 is 13.9 Å². The first kappa shape index (κ1) is 23.1. The van der Waals surface area contributed by atoms with E-state index in [1.807, 2.05) is 38.1 Å². The van der Waals surface area contributed by atoms with E-state index in [2.05, 4.69) is 5.32 Å². The number of hydrogen-bond donors (Lipinski definition) is 1. The molecule has 1 N–H and O–H groups in total. The highest BCUT2D eigenvalue weighted by Crippen LogP contribution is 2.32. The van der Waals surface area contributed by atoms with Gasteiger partial charge in [-0.2, -0.15) is 5.26 Å². The summed E-state index contributed by atoms with van der Waals surface area (Å²) >= 11 is 6.47. The highest BCUT2D eigenvalue weighted by molar-refractivity contribution is 6.31. The van der Waals surface area contributed by atoms with Crippen molar-refractivity contribution in [3.63, 3.8) is 0 Å². The molecule has 0 aliphatic heterocycles. The molecule has 1 amide bonds. The van der Waals surface area contributed by atoms with E-state index in [1.54, 1.807) is 30.3 Å². The van der Waals surface area contributed by atoms with Crippen molar-refractivity contribution in [1.82, 2.24) is 0 Å². The molecule has 0 heterocycles. The number of methoxy groups -OCH3 is 1. The van der Waals surface area contributed by atoms with Gasteiger partial charge in [-0.25, -0.2) is 4.39 Å². The summed E-state index contributed by atoms with van der Waals surface area (Å²) in [5.41, 5.74) is 4.09. The van der Waals surface area contributed by atoms with E-state index < -0.39 is 5.91 Å². The molecule has 32 heavy (non-hydrogen) atoms. The number of carbonyl (C=O) groups excluding carboxylic acids is 1. The number of rotatable bonds is 6. The van der Waals surface area contributed by atoms with Crippen molar-refractivity contribution in [3.05, 3.63) is 98.8 Å². The second-order valence-corrected chi connectivity index (χ2v) is 7.80. The van der Waals surface area contributed by atoms with Crippen LogP contribution in [0.4, 0.5) is 10.1 Å². The fraction of sp³-hybridized carbons (Fsp3) is 0.154. The lowest BCUT2D eigenvalue weighted by molar-refractivity contribution is -0.112. The summed E-state index contributed by atoms with van der Waals surface area (Å²) in [4.78, 5) is 12.7. The minimum Gasteiger partial charge on any atom is -0.496 e. The van der Waals surface area contributed by atoms with Crippen molar-refractivity contribution in [2.75, 3.05) is 12.4 Å². The highest BCUT2D eigenvalue weighted by Gasteiger charge is 2.15. The van der Waals surface area contributed by atoms with Crippen LogP contribution in [0.15, 0.2) is 60.2 Å². The molecule has 6 heteroatoms. The first-order valence-corrected chi connectivity index (χ1v) is 10.3. The molecule has 3 rings (SSSR count). The van der Waals surface area contributed by atoms with E-state index in [0.717, 1.165) is 11.1 Å². The Bertz CT molecular complexity index is 1250. The summed E-state index contributed by atoms with van der Waals surface area (Å²) in [6.07, 6.45) is 1.69. The Balaban J connectivity index is 1.91. The number of ether oxygens (including phenoxy) is 1. The van der Waals surface area contributed by atoms with Gasteiger partial charge in [0.1, 0.15) is 23.2 Å². The Morgan fingerprint density at radius 3 is 2.62 bits per heavy atom. The molecule has 0 aliphatic carbocycles. The molecule has 0 aromatic heterocycles. The van der Waals surface area contributed by atoms with Gasteiger partial charge in [0, 0.05) is 22.7 Å². The maximum absolute atomic E-state index is 14.1. The molecule has 3 aromatic rings. The monoisotopic (exact) mass is 448 g/mol. The van der Waals surface area contributed by atoms with Gasteiger partial charge >= 0.3 is 0 Å². The average molecular weight is 449 g/mol. The maximum Gasteiger partial charge on any atom is 0.266 e. The topological polar surface area (TPSA) is 62.1 Å². The molecule has 0 fully saturated rings. The Labute approximate surface area is 191 Å². The van der Waals surface area contributed by atoms with E-state index in [4.69, 9.17) is 16.3 Å². The lowest BCUT2D eigenvalue weighted by atomic mass is 10.0. The molecule has 0 bridgehead atoms. The highest BCUT2D eigenvalue weighted by atomic mass is 35.5. The van der Waals surface area contributed by atoms with Crippen LogP contribution in [0.2, 0.25) is 5.02 Å². The second kappa shape index (κ2) is 10.1. The van der Waals surface area contributed by atoms with Crippen molar-refractivity contribution in [2.45, 2.75) is 20.3 Å². The number of anilines is 1. The SMILES string of the molecule is COc1cc(/C=C(\C#N)C(=O)Nc2cc(C)ccc2C)cc(Cl)c1Cc1ccccc1F. The van der Waals surface area contributed by atoms with Crippen molar-refractivity contribution >= 4 is 29.3 Å². The minimum atomic E-state index is -0.522. The summed E-state index contributed by atoms with van der Waals surface area (Å²) in [6, 6.07) is 17.4. The molecule has 3 aromatic carbocycles. The van der Waals surface area contributed by atoms with E-state index in [-0.39, 0.29) is 17.8 Å². The third-order valence-electron chi connectivity index (χ3n) is 5.04. The van der Waals surface area contributed by atoms with Crippen LogP contribution in [0.1, 0.15) is 27.8 Å². The molecule has 0 atom stereocenters. The largest absolute Gasteiger partial charge is 0.496 e. The van der Waals surface area contributed by atoms with Crippen molar-refractivity contribution in [3.8, 4) is 11.8 Å². The zero-order valence-corrected chi connectivity index (χ0v) is 18.8. The molecule has 162 valence electrons. The van der Waals surface area contributed by atoms with Crippen molar-refractivity contribution in [2.24, 2.45) is 0 Å². The van der Waals surface area contributed by atoms with E-state index >= 15 is 0 Å². The van der Waals surface area contributed by atoms with E-state index in [0.29, 0.717) is 33.1 Å². The average Bonchev–Trinajstić information content (AvgIpc) is 2.77. The summed E-state index contributed by atoms with van der Waals surface area (Å²) in [6.45, 7) is 3.80. The van der Waals surface area contributed by atoms with Crippen LogP contribution in [0, 0.1) is 31.0 Å². The molecular formula is C26H22ClFN2O2. The van der Waals surface area contributed by atoms with Crippen LogP contribution in [0.3, 0.4) is 0 Å². The second-order valence-electron chi connectivity index (χ2n) is 7.39. The standard InChI is InChI=1S/C26H22ClFN2O2/c1-16-8-9-17(2)24(10-16)30-26(31)20(15-29)11-18-12-22(27)21(25(13-18)32-3)14-19-6-4-5-7-23(19)28/h4-13H,14H2,1-3H3,(H,30,31)/b20-11+. The van der Waals surface area contributed by atoms with Gasteiger partial charge in [0.25, 0.3) is 5.91 Å². The van der Waals surface area contributed by atoms with Gasteiger partial charge in [0.2, 0.25) is 0 Å². The first-order chi connectivity index (χ1) is 15.3. The van der Waals surface area contributed by atoms with Crippen LogP contribution in [-0.2, 0) is 11.2 Å².